The minimum atomic E-state index is -0.502. The summed E-state index contributed by atoms with van der Waals surface area (Å²) in [4.78, 5) is 22.7. The van der Waals surface area contributed by atoms with E-state index in [2.05, 4.69) is 21.2 Å². The third-order valence-electron chi connectivity index (χ3n) is 2.36. The van der Waals surface area contributed by atoms with Crippen LogP contribution in [0.2, 0.25) is 0 Å². The molecular weight excluding hydrogens is 298 g/mol. The molecule has 1 amide bonds. The Hall–Kier alpha value is -1.36. The van der Waals surface area contributed by atoms with Crippen molar-refractivity contribution in [3.05, 3.63) is 34.3 Å². The summed E-state index contributed by atoms with van der Waals surface area (Å²) in [5.74, 6) is -0.832. The zero-order chi connectivity index (χ0) is 13.5. The van der Waals surface area contributed by atoms with Gasteiger partial charge in [-0.2, -0.15) is 0 Å². The van der Waals surface area contributed by atoms with Gasteiger partial charge >= 0.3 is 5.97 Å². The minimum Gasteiger partial charge on any atom is -0.466 e. The zero-order valence-corrected chi connectivity index (χ0v) is 12.0. The molecule has 0 bridgehead atoms. The van der Waals surface area contributed by atoms with E-state index in [-0.39, 0.29) is 25.0 Å². The van der Waals surface area contributed by atoms with Gasteiger partial charge in [0.2, 0.25) is 5.91 Å². The second-order valence-corrected chi connectivity index (χ2v) is 4.74. The molecule has 1 atom stereocenters. The molecule has 98 valence electrons. The van der Waals surface area contributed by atoms with Gasteiger partial charge in [0, 0.05) is 4.47 Å². The fourth-order valence-electron chi connectivity index (χ4n) is 1.47. The second-order valence-electron chi connectivity index (χ2n) is 3.82. The molecule has 1 aromatic rings. The first-order chi connectivity index (χ1) is 8.52. The summed E-state index contributed by atoms with van der Waals surface area (Å²) in [5, 5.41) is 2.75. The van der Waals surface area contributed by atoms with E-state index in [4.69, 9.17) is 4.74 Å². The topological polar surface area (TPSA) is 55.4 Å². The quantitative estimate of drug-likeness (QED) is 0.671. The molecule has 1 unspecified atom stereocenters. The number of carbonyl (C=O) groups is 2. The highest BCUT2D eigenvalue weighted by Gasteiger charge is 2.13. The maximum absolute atomic E-state index is 11.6. The normalized spacial score (nSPS) is 11.7. The van der Waals surface area contributed by atoms with E-state index >= 15 is 0 Å². The first kappa shape index (κ1) is 14.7. The number of esters is 1. The van der Waals surface area contributed by atoms with Crippen LogP contribution in [0.5, 0.6) is 0 Å². The Balaban J connectivity index is 2.49. The minimum absolute atomic E-state index is 0.139. The monoisotopic (exact) mass is 313 g/mol. The molecule has 0 aliphatic heterocycles. The van der Waals surface area contributed by atoms with Crippen LogP contribution in [0.15, 0.2) is 28.7 Å². The number of nitrogens with one attached hydrogen (secondary N) is 1. The molecule has 0 fully saturated rings. The molecule has 1 rings (SSSR count). The van der Waals surface area contributed by atoms with Crippen molar-refractivity contribution >= 4 is 27.8 Å². The Morgan fingerprint density at radius 2 is 1.94 bits per heavy atom. The molecule has 1 N–H and O–H groups in total. The van der Waals surface area contributed by atoms with Crippen LogP contribution in [0.4, 0.5) is 0 Å². The van der Waals surface area contributed by atoms with Crippen LogP contribution in [-0.2, 0) is 14.3 Å². The molecule has 0 aliphatic rings. The van der Waals surface area contributed by atoms with Crippen LogP contribution in [0, 0.1) is 0 Å². The number of benzene rings is 1. The lowest BCUT2D eigenvalue weighted by atomic mass is 10.1. The van der Waals surface area contributed by atoms with Gasteiger partial charge in [-0.1, -0.05) is 28.1 Å². The molecule has 0 heterocycles. The first-order valence-electron chi connectivity index (χ1n) is 5.73. The lowest BCUT2D eigenvalue weighted by Gasteiger charge is -2.14. The Bertz CT molecular complexity index is 417. The van der Waals surface area contributed by atoms with E-state index in [1.165, 1.54) is 0 Å². The molecule has 1 aromatic carbocycles. The van der Waals surface area contributed by atoms with E-state index in [0.717, 1.165) is 10.0 Å². The van der Waals surface area contributed by atoms with Crippen LogP contribution in [0.3, 0.4) is 0 Å². The van der Waals surface area contributed by atoms with Crippen molar-refractivity contribution in [1.82, 2.24) is 5.32 Å². The largest absolute Gasteiger partial charge is 0.466 e. The van der Waals surface area contributed by atoms with Gasteiger partial charge in [0.05, 0.1) is 12.6 Å². The number of halogens is 1. The van der Waals surface area contributed by atoms with Crippen molar-refractivity contribution in [2.45, 2.75) is 26.3 Å². The Morgan fingerprint density at radius 3 is 2.50 bits per heavy atom. The third kappa shape index (κ3) is 4.87. The van der Waals surface area contributed by atoms with Gasteiger partial charge in [-0.3, -0.25) is 9.59 Å². The van der Waals surface area contributed by atoms with Gasteiger partial charge in [-0.05, 0) is 31.5 Å². The van der Waals surface area contributed by atoms with Crippen LogP contribution in [-0.4, -0.2) is 18.5 Å². The lowest BCUT2D eigenvalue weighted by Crippen LogP contribution is -2.29. The third-order valence-corrected chi connectivity index (χ3v) is 2.89. The summed E-state index contributed by atoms with van der Waals surface area (Å²) in [6.07, 6.45) is -0.241. The number of amides is 1. The lowest BCUT2D eigenvalue weighted by molar-refractivity contribution is -0.146. The van der Waals surface area contributed by atoms with E-state index in [9.17, 15) is 9.59 Å². The molecule has 0 aromatic heterocycles. The maximum atomic E-state index is 11.6. The number of hydrogen-bond donors (Lipinski definition) is 1. The van der Waals surface area contributed by atoms with Crippen LogP contribution in [0.1, 0.15) is 31.9 Å². The van der Waals surface area contributed by atoms with Gasteiger partial charge < -0.3 is 10.1 Å². The van der Waals surface area contributed by atoms with Crippen molar-refractivity contribution in [2.75, 3.05) is 6.61 Å². The second kappa shape index (κ2) is 7.16. The van der Waals surface area contributed by atoms with Crippen molar-refractivity contribution < 1.29 is 14.3 Å². The number of rotatable bonds is 5. The Kier molecular flexibility index (Phi) is 5.85. The van der Waals surface area contributed by atoms with Crippen molar-refractivity contribution in [3.8, 4) is 0 Å². The van der Waals surface area contributed by atoms with Gasteiger partial charge in [0.25, 0.3) is 0 Å². The molecule has 18 heavy (non-hydrogen) atoms. The van der Waals surface area contributed by atoms with Gasteiger partial charge in [-0.25, -0.2) is 0 Å². The zero-order valence-electron chi connectivity index (χ0n) is 10.4. The summed E-state index contributed by atoms with van der Waals surface area (Å²) in [7, 11) is 0. The molecule has 5 heteroatoms. The highest BCUT2D eigenvalue weighted by molar-refractivity contribution is 9.10. The van der Waals surface area contributed by atoms with Gasteiger partial charge in [-0.15, -0.1) is 0 Å². The van der Waals surface area contributed by atoms with Crippen LogP contribution in [0.25, 0.3) is 0 Å². The average Bonchev–Trinajstić information content (AvgIpc) is 2.29. The maximum Gasteiger partial charge on any atom is 0.315 e. The predicted octanol–water partition coefficient (Wildman–Crippen LogP) is 2.58. The van der Waals surface area contributed by atoms with Gasteiger partial charge in [0.1, 0.15) is 6.42 Å². The standard InChI is InChI=1S/C13H16BrNO3/c1-3-18-13(17)8-12(16)15-9(2)10-4-6-11(14)7-5-10/h4-7,9H,3,8H2,1-2H3,(H,15,16). The summed E-state index contributed by atoms with van der Waals surface area (Å²) in [5.41, 5.74) is 0.982. The van der Waals surface area contributed by atoms with Crippen LogP contribution < -0.4 is 5.32 Å². The molecule has 0 aliphatic carbocycles. The summed E-state index contributed by atoms with van der Waals surface area (Å²) in [6.45, 7) is 3.86. The number of hydrogen-bond acceptors (Lipinski definition) is 3. The molecule has 0 saturated carbocycles. The number of ether oxygens (including phenoxy) is 1. The summed E-state index contributed by atoms with van der Waals surface area (Å²) < 4.78 is 5.69. The Labute approximate surface area is 115 Å². The number of carbonyl (C=O) groups excluding carboxylic acids is 2. The summed E-state index contributed by atoms with van der Waals surface area (Å²) >= 11 is 3.35. The van der Waals surface area contributed by atoms with Crippen LogP contribution >= 0.6 is 15.9 Å². The van der Waals surface area contributed by atoms with Crippen molar-refractivity contribution in [1.29, 1.82) is 0 Å². The SMILES string of the molecule is CCOC(=O)CC(=O)NC(C)c1ccc(Br)cc1. The van der Waals surface area contributed by atoms with E-state index in [0.29, 0.717) is 0 Å². The highest BCUT2D eigenvalue weighted by atomic mass is 79.9. The smallest absolute Gasteiger partial charge is 0.315 e. The highest BCUT2D eigenvalue weighted by Crippen LogP contribution is 2.16. The van der Waals surface area contributed by atoms with E-state index in [1.54, 1.807) is 6.92 Å². The average molecular weight is 314 g/mol. The molecule has 0 saturated heterocycles. The van der Waals surface area contributed by atoms with E-state index < -0.39 is 5.97 Å². The predicted molar refractivity (Wildman–Crippen MR) is 71.9 cm³/mol. The first-order valence-corrected chi connectivity index (χ1v) is 6.52. The van der Waals surface area contributed by atoms with E-state index in [1.807, 2.05) is 31.2 Å². The molecular formula is C13H16BrNO3. The fraction of sp³-hybridized carbons (Fsp3) is 0.385. The molecule has 4 nitrogen and oxygen atoms in total. The van der Waals surface area contributed by atoms with Crippen molar-refractivity contribution in [3.63, 3.8) is 0 Å². The fourth-order valence-corrected chi connectivity index (χ4v) is 1.73. The molecule has 0 spiro atoms. The molecule has 0 radical (unpaired) electrons. The Morgan fingerprint density at radius 1 is 1.33 bits per heavy atom. The van der Waals surface area contributed by atoms with Crippen molar-refractivity contribution in [2.24, 2.45) is 0 Å². The van der Waals surface area contributed by atoms with Gasteiger partial charge in [0.15, 0.2) is 0 Å². The summed E-state index contributed by atoms with van der Waals surface area (Å²) in [6, 6.07) is 7.51.